The summed E-state index contributed by atoms with van der Waals surface area (Å²) in [5, 5.41) is 15.4. The second-order valence-corrected chi connectivity index (χ2v) is 11.6. The van der Waals surface area contributed by atoms with Gasteiger partial charge in [-0.05, 0) is 62.0 Å². The summed E-state index contributed by atoms with van der Waals surface area (Å²) >= 11 is 0. The lowest BCUT2D eigenvalue weighted by molar-refractivity contribution is 0.188. The van der Waals surface area contributed by atoms with Gasteiger partial charge >= 0.3 is 6.01 Å². The molecule has 2 aromatic heterocycles. The maximum absolute atomic E-state index is 16.7. The number of ether oxygens (including phenoxy) is 1. The van der Waals surface area contributed by atoms with E-state index in [4.69, 9.17) is 14.7 Å². The smallest absolute Gasteiger partial charge is 0.319 e. The average molecular weight is 552 g/mol. The monoisotopic (exact) mass is 551 g/mol. The van der Waals surface area contributed by atoms with Crippen LogP contribution in [0.25, 0.3) is 32.9 Å². The van der Waals surface area contributed by atoms with Crippen molar-refractivity contribution < 1.29 is 9.13 Å². The molecule has 3 atom stereocenters. The summed E-state index contributed by atoms with van der Waals surface area (Å²) in [4.78, 5) is 18.8. The third-order valence-corrected chi connectivity index (χ3v) is 8.99. The van der Waals surface area contributed by atoms with Gasteiger partial charge in [0.25, 0.3) is 0 Å². The molecule has 1 N–H and O–H groups in total. The van der Waals surface area contributed by atoms with Gasteiger partial charge in [0.1, 0.15) is 23.6 Å². The fraction of sp³-hybridized carbons (Fsp3) is 0.438. The first kappa shape index (κ1) is 26.1. The molecule has 3 aliphatic rings. The quantitative estimate of drug-likeness (QED) is 0.349. The molecule has 8 nitrogen and oxygen atoms in total. The zero-order valence-corrected chi connectivity index (χ0v) is 23.3. The van der Waals surface area contributed by atoms with E-state index in [1.165, 1.54) is 0 Å². The van der Waals surface area contributed by atoms with Crippen LogP contribution < -0.4 is 15.0 Å². The fourth-order valence-corrected chi connectivity index (χ4v) is 6.86. The van der Waals surface area contributed by atoms with Crippen LogP contribution in [-0.4, -0.2) is 71.3 Å². The summed E-state index contributed by atoms with van der Waals surface area (Å²) in [6.45, 7) is 3.14. The van der Waals surface area contributed by atoms with Crippen molar-refractivity contribution in [2.45, 2.75) is 56.7 Å². The van der Waals surface area contributed by atoms with Crippen molar-refractivity contribution in [1.82, 2.24) is 25.2 Å². The van der Waals surface area contributed by atoms with Crippen LogP contribution in [-0.2, 0) is 6.42 Å². The second-order valence-electron chi connectivity index (χ2n) is 11.6. The number of nitrogens with zero attached hydrogens (tertiary/aromatic N) is 6. The number of likely N-dealkylation sites (N-methyl/N-ethyl adjacent to an activating group) is 1. The molecular formula is C32H34FN7O. The van der Waals surface area contributed by atoms with Crippen LogP contribution in [0.3, 0.4) is 0 Å². The molecular weight excluding hydrogens is 517 g/mol. The van der Waals surface area contributed by atoms with Crippen molar-refractivity contribution in [1.29, 1.82) is 5.26 Å². The Labute approximate surface area is 239 Å². The van der Waals surface area contributed by atoms with Crippen LogP contribution in [0, 0.1) is 17.1 Å². The van der Waals surface area contributed by atoms with Crippen LogP contribution >= 0.6 is 0 Å². The van der Waals surface area contributed by atoms with E-state index in [0.717, 1.165) is 61.7 Å². The number of nitrogens with one attached hydrogen (secondary N) is 1. The van der Waals surface area contributed by atoms with Gasteiger partial charge in [0.05, 0.1) is 11.5 Å². The number of aryl methyl sites for hydroxylation is 1. The van der Waals surface area contributed by atoms with Gasteiger partial charge < -0.3 is 19.9 Å². The molecule has 0 radical (unpaired) electrons. The lowest BCUT2D eigenvalue weighted by Crippen LogP contribution is -2.51. The van der Waals surface area contributed by atoms with Crippen molar-refractivity contribution in [3.05, 3.63) is 54.0 Å². The molecule has 0 aliphatic carbocycles. The van der Waals surface area contributed by atoms with Gasteiger partial charge in [-0.2, -0.15) is 15.2 Å². The van der Waals surface area contributed by atoms with Gasteiger partial charge in [0.15, 0.2) is 5.82 Å². The van der Waals surface area contributed by atoms with Gasteiger partial charge in [-0.15, -0.1) is 0 Å². The summed E-state index contributed by atoms with van der Waals surface area (Å²) in [5.74, 6) is 0.212. The van der Waals surface area contributed by atoms with E-state index < -0.39 is 5.82 Å². The molecule has 0 saturated carbocycles. The minimum absolute atomic E-state index is 0.211. The van der Waals surface area contributed by atoms with E-state index in [1.54, 1.807) is 6.20 Å². The molecule has 4 aromatic rings. The Morgan fingerprint density at radius 1 is 1.10 bits per heavy atom. The molecule has 3 aliphatic heterocycles. The number of fused-ring (bicyclic) bond motifs is 4. The molecule has 3 fully saturated rings. The molecule has 3 saturated heterocycles. The largest absolute Gasteiger partial charge is 0.462 e. The minimum atomic E-state index is -0.477. The summed E-state index contributed by atoms with van der Waals surface area (Å²) in [6.07, 6.45) is 7.17. The van der Waals surface area contributed by atoms with Crippen LogP contribution in [0.1, 0.15) is 37.7 Å². The molecule has 0 spiro atoms. The van der Waals surface area contributed by atoms with E-state index in [1.807, 2.05) is 36.4 Å². The molecule has 5 heterocycles. The summed E-state index contributed by atoms with van der Waals surface area (Å²) in [6, 6.07) is 15.4. The first-order valence-corrected chi connectivity index (χ1v) is 14.7. The molecule has 41 heavy (non-hydrogen) atoms. The van der Waals surface area contributed by atoms with Crippen LogP contribution in [0.5, 0.6) is 6.01 Å². The third kappa shape index (κ3) is 4.85. The lowest BCUT2D eigenvalue weighted by Gasteiger charge is -2.34. The van der Waals surface area contributed by atoms with E-state index in [2.05, 4.69) is 33.2 Å². The third-order valence-electron chi connectivity index (χ3n) is 8.99. The zero-order valence-electron chi connectivity index (χ0n) is 23.3. The molecule has 9 heteroatoms. The fourth-order valence-electron chi connectivity index (χ4n) is 6.86. The number of aromatic nitrogens is 3. The highest BCUT2D eigenvalue weighted by molar-refractivity contribution is 6.00. The Morgan fingerprint density at radius 2 is 1.90 bits per heavy atom. The Kier molecular flexibility index (Phi) is 6.89. The van der Waals surface area contributed by atoms with Gasteiger partial charge in [0.2, 0.25) is 0 Å². The predicted molar refractivity (Wildman–Crippen MR) is 157 cm³/mol. The molecule has 0 amide bonds. The van der Waals surface area contributed by atoms with Crippen molar-refractivity contribution in [3.8, 4) is 23.3 Å². The zero-order chi connectivity index (χ0) is 27.9. The molecule has 0 unspecified atom stereocenters. The normalized spacial score (nSPS) is 22.5. The molecule has 210 valence electrons. The maximum Gasteiger partial charge on any atom is 0.319 e. The van der Waals surface area contributed by atoms with Crippen molar-refractivity contribution >= 4 is 27.5 Å². The number of rotatable bonds is 7. The highest BCUT2D eigenvalue weighted by Crippen LogP contribution is 2.37. The van der Waals surface area contributed by atoms with Crippen LogP contribution in [0.2, 0.25) is 0 Å². The first-order chi connectivity index (χ1) is 20.1. The number of halogens is 1. The van der Waals surface area contributed by atoms with E-state index >= 15 is 4.39 Å². The lowest BCUT2D eigenvalue weighted by atomic mass is 9.94. The summed E-state index contributed by atoms with van der Waals surface area (Å²) < 4.78 is 22.8. The molecule has 2 aromatic carbocycles. The molecule has 2 bridgehead atoms. The van der Waals surface area contributed by atoms with E-state index in [0.29, 0.717) is 54.3 Å². The number of anilines is 1. The Morgan fingerprint density at radius 3 is 2.66 bits per heavy atom. The highest BCUT2D eigenvalue weighted by atomic mass is 19.1. The highest BCUT2D eigenvalue weighted by Gasteiger charge is 2.34. The number of pyridine rings is 1. The van der Waals surface area contributed by atoms with Gasteiger partial charge in [0, 0.05) is 49.4 Å². The van der Waals surface area contributed by atoms with Gasteiger partial charge in [-0.3, -0.25) is 4.98 Å². The predicted octanol–water partition coefficient (Wildman–Crippen LogP) is 4.85. The summed E-state index contributed by atoms with van der Waals surface area (Å²) in [7, 11) is 2.11. The van der Waals surface area contributed by atoms with Crippen molar-refractivity contribution in [3.63, 3.8) is 0 Å². The number of likely N-dealkylation sites (tertiary alicyclic amines) is 1. The first-order valence-electron chi connectivity index (χ1n) is 14.7. The number of hydrogen-bond acceptors (Lipinski definition) is 8. The summed E-state index contributed by atoms with van der Waals surface area (Å²) in [5.41, 5.74) is 2.18. The van der Waals surface area contributed by atoms with E-state index in [-0.39, 0.29) is 17.2 Å². The molecule has 7 rings (SSSR count). The Balaban J connectivity index is 1.35. The topological polar surface area (TPSA) is 90.2 Å². The van der Waals surface area contributed by atoms with Crippen molar-refractivity contribution in [2.75, 3.05) is 38.2 Å². The Hall–Kier alpha value is -3.87. The Bertz CT molecular complexity index is 1640. The number of hydrogen-bond donors (Lipinski definition) is 1. The van der Waals surface area contributed by atoms with Gasteiger partial charge in [-0.25, -0.2) is 4.39 Å². The maximum atomic E-state index is 16.7. The number of nitriles is 1. The van der Waals surface area contributed by atoms with Crippen LogP contribution in [0.15, 0.2) is 42.6 Å². The SMILES string of the molecule is CN1CCC[C@H]1COc1nc(N2C[C@H]3CC[C@@H](C2)N3)c2cnc(-c3cccc4cccc(CCC#N)c34)c(F)c2n1. The van der Waals surface area contributed by atoms with Crippen molar-refractivity contribution in [2.24, 2.45) is 0 Å². The number of piperazine rings is 1. The van der Waals surface area contributed by atoms with E-state index in [9.17, 15) is 5.26 Å². The minimum Gasteiger partial charge on any atom is -0.462 e. The standard InChI is InChI=1S/C32H34FN7O/c1-39-15-5-10-24(39)19-41-32-37-30-26(31(38-32)40-17-22-12-13-23(18-40)36-22)16-35-29(28(30)33)25-11-3-8-20-6-2-7-21(27(20)25)9-4-14-34/h2-3,6-8,11,16,22-24,36H,4-5,9-10,12-13,15,17-19H2,1H3/t22-,23+,24-/m0/s1. The second kappa shape index (κ2) is 10.8. The van der Waals surface area contributed by atoms with Crippen LogP contribution in [0.4, 0.5) is 10.2 Å². The van der Waals surface area contributed by atoms with Gasteiger partial charge in [-0.1, -0.05) is 36.4 Å². The number of benzene rings is 2. The average Bonchev–Trinajstić information content (AvgIpc) is 3.57.